The van der Waals surface area contributed by atoms with Gasteiger partial charge in [0.15, 0.2) is 0 Å². The largest absolute Gasteiger partial charge is 2.00 e. The molecular formula is Ca2FeO4Si. The Kier molecular flexibility index (Phi) is 28.3. The van der Waals surface area contributed by atoms with Crippen LogP contribution in [0.3, 0.4) is 0 Å². The van der Waals surface area contributed by atoms with Crippen LogP contribution in [-0.4, -0.2) is 84.5 Å². The van der Waals surface area contributed by atoms with Crippen molar-refractivity contribution in [2.45, 2.75) is 0 Å². The van der Waals surface area contributed by atoms with E-state index in [-0.39, 0.29) is 92.5 Å². The van der Waals surface area contributed by atoms with Crippen LogP contribution in [0.5, 0.6) is 0 Å². The predicted octanol–water partition coefficient (Wildman–Crippen LogP) is -5.90. The van der Waals surface area contributed by atoms with Gasteiger partial charge < -0.3 is 28.2 Å². The molecule has 0 saturated heterocycles. The zero-order valence-electron chi connectivity index (χ0n) is 3.90. The first kappa shape index (κ1) is 22.5. The smallest absolute Gasteiger partial charge is 0.894 e. The average Bonchev–Trinajstić information content (AvgIpc) is 0.722. The minimum absolute atomic E-state index is 0. The van der Waals surface area contributed by atoms with Gasteiger partial charge in [0.25, 0.3) is 0 Å². The maximum atomic E-state index is 8.58. The van der Waals surface area contributed by atoms with Crippen molar-refractivity contribution in [3.8, 4) is 0 Å². The van der Waals surface area contributed by atoms with Crippen molar-refractivity contribution < 1.29 is 36.3 Å². The van der Waals surface area contributed by atoms with Crippen LogP contribution in [0.2, 0.25) is 0 Å². The van der Waals surface area contributed by atoms with E-state index in [1.54, 1.807) is 0 Å². The van der Waals surface area contributed by atoms with E-state index >= 15 is 0 Å². The van der Waals surface area contributed by atoms with Gasteiger partial charge in [-0.05, 0) is 0 Å². The van der Waals surface area contributed by atoms with Crippen LogP contribution in [0.4, 0.5) is 0 Å². The van der Waals surface area contributed by atoms with Crippen LogP contribution in [-0.2, 0) is 17.1 Å². The summed E-state index contributed by atoms with van der Waals surface area (Å²) < 4.78 is 0. The van der Waals surface area contributed by atoms with E-state index in [0.29, 0.717) is 0 Å². The van der Waals surface area contributed by atoms with Crippen LogP contribution in [0.15, 0.2) is 0 Å². The van der Waals surface area contributed by atoms with Gasteiger partial charge in [0.05, 0.1) is 0 Å². The molecule has 0 unspecified atom stereocenters. The van der Waals surface area contributed by atoms with Gasteiger partial charge in [-0.1, -0.05) is 0 Å². The Morgan fingerprint density at radius 2 is 0.750 bits per heavy atom. The summed E-state index contributed by atoms with van der Waals surface area (Å²) in [4.78, 5) is 34.3. The van der Waals surface area contributed by atoms with Gasteiger partial charge in [-0.15, -0.1) is 0 Å². The van der Waals surface area contributed by atoms with Gasteiger partial charge >= 0.3 is 75.5 Å². The Balaban J connectivity index is -0.0000000267. The van der Waals surface area contributed by atoms with E-state index in [2.05, 4.69) is 0 Å². The third-order valence-electron chi connectivity index (χ3n) is 0. The zero-order chi connectivity index (χ0) is 4.50. The first-order chi connectivity index (χ1) is 2.00. The number of hydrogen-bond donors (Lipinski definition) is 0. The Bertz CT molecular complexity index is 29.5. The van der Waals surface area contributed by atoms with Gasteiger partial charge in [0.1, 0.15) is 0 Å². The molecule has 0 heterocycles. The molecule has 4 nitrogen and oxygen atoms in total. The van der Waals surface area contributed by atoms with Gasteiger partial charge in [0.2, 0.25) is 0 Å². The SMILES string of the molecule is [Ca+2].[Ca+2].[Fe].[O-][Si]([O-])([O-])[O-]. The predicted molar refractivity (Wildman–Crippen MR) is 17.3 cm³/mol. The quantitative estimate of drug-likeness (QED) is 0.386. The van der Waals surface area contributed by atoms with Crippen LogP contribution in [0, 0.1) is 0 Å². The summed E-state index contributed by atoms with van der Waals surface area (Å²) in [5, 5.41) is 0. The molecule has 40 valence electrons. The number of rotatable bonds is 0. The average molecular weight is 228 g/mol. The Morgan fingerprint density at radius 1 is 0.750 bits per heavy atom. The molecule has 0 aromatic carbocycles. The van der Waals surface area contributed by atoms with Crippen LogP contribution in [0.1, 0.15) is 0 Å². The summed E-state index contributed by atoms with van der Waals surface area (Å²) in [6, 6.07) is 0. The molecule has 0 amide bonds. The van der Waals surface area contributed by atoms with Gasteiger partial charge in [-0.3, -0.25) is 0 Å². The van der Waals surface area contributed by atoms with E-state index in [9.17, 15) is 0 Å². The fourth-order valence-corrected chi connectivity index (χ4v) is 0. The van der Waals surface area contributed by atoms with Crippen molar-refractivity contribution in [2.75, 3.05) is 0 Å². The second kappa shape index (κ2) is 10.1. The summed E-state index contributed by atoms with van der Waals surface area (Å²) in [6.45, 7) is 0. The first-order valence-corrected chi connectivity index (χ1v) is 2.45. The minimum Gasteiger partial charge on any atom is -0.894 e. The molecule has 0 aliphatic carbocycles. The van der Waals surface area contributed by atoms with E-state index in [1.807, 2.05) is 0 Å². The Hall–Kier alpha value is 3.10. The summed E-state index contributed by atoms with van der Waals surface area (Å²) in [7, 11) is -5.61. The van der Waals surface area contributed by atoms with E-state index in [4.69, 9.17) is 19.2 Å². The summed E-state index contributed by atoms with van der Waals surface area (Å²) in [5.74, 6) is 0. The molecule has 0 saturated carbocycles. The first-order valence-electron chi connectivity index (χ1n) is 0.816. The zero-order valence-corrected chi connectivity index (χ0v) is 10.4. The van der Waals surface area contributed by atoms with E-state index in [1.165, 1.54) is 0 Å². The van der Waals surface area contributed by atoms with E-state index in [0.717, 1.165) is 0 Å². The number of hydrogen-bond acceptors (Lipinski definition) is 4. The molecule has 0 aliphatic rings. The summed E-state index contributed by atoms with van der Waals surface area (Å²) in [6.07, 6.45) is 0. The second-order valence-corrected chi connectivity index (χ2v) is 1.50. The molecule has 0 aromatic heterocycles. The summed E-state index contributed by atoms with van der Waals surface area (Å²) >= 11 is 0. The molecule has 0 rings (SSSR count). The third-order valence-corrected chi connectivity index (χ3v) is 0. The molecule has 8 heavy (non-hydrogen) atoms. The van der Waals surface area contributed by atoms with E-state index < -0.39 is 9.05 Å². The molecule has 0 aliphatic heterocycles. The molecule has 0 fully saturated rings. The Labute approximate surface area is 118 Å². The fourth-order valence-electron chi connectivity index (χ4n) is 0. The normalized spacial score (nSPS) is 7.50. The standard InChI is InChI=1S/2Ca.Fe.O4Si/c;;;1-5(2,3)4/q2*+2;;-4. The molecule has 0 bridgehead atoms. The molecule has 0 spiro atoms. The molecule has 8 heteroatoms. The molecule has 0 atom stereocenters. The van der Waals surface area contributed by atoms with Crippen LogP contribution < -0.4 is 19.2 Å². The van der Waals surface area contributed by atoms with Gasteiger partial charge in [-0.25, -0.2) is 0 Å². The van der Waals surface area contributed by atoms with Crippen molar-refractivity contribution in [1.82, 2.24) is 0 Å². The maximum Gasteiger partial charge on any atom is 2.00 e. The monoisotopic (exact) mass is 228 g/mol. The topological polar surface area (TPSA) is 92.2 Å². The van der Waals surface area contributed by atoms with Crippen molar-refractivity contribution in [1.29, 1.82) is 0 Å². The molecular weight excluding hydrogens is 228 g/mol. The van der Waals surface area contributed by atoms with Crippen molar-refractivity contribution in [3.63, 3.8) is 0 Å². The third kappa shape index (κ3) is 62.2. The minimum atomic E-state index is -5.61. The molecule has 0 radical (unpaired) electrons. The second-order valence-electron chi connectivity index (χ2n) is 0.500. The van der Waals surface area contributed by atoms with Gasteiger partial charge in [0, 0.05) is 17.1 Å². The fraction of sp³-hybridized carbons (Fsp3) is 0. The van der Waals surface area contributed by atoms with Gasteiger partial charge in [-0.2, -0.15) is 0 Å². The summed E-state index contributed by atoms with van der Waals surface area (Å²) in [5.41, 5.74) is 0. The van der Waals surface area contributed by atoms with Crippen LogP contribution in [0.25, 0.3) is 0 Å². The van der Waals surface area contributed by atoms with Crippen molar-refractivity contribution in [2.24, 2.45) is 0 Å². The van der Waals surface area contributed by atoms with Crippen molar-refractivity contribution in [3.05, 3.63) is 0 Å². The molecule has 0 aromatic rings. The maximum absolute atomic E-state index is 8.58. The molecule has 0 N–H and O–H groups in total. The van der Waals surface area contributed by atoms with Crippen molar-refractivity contribution >= 4 is 84.5 Å². The Morgan fingerprint density at radius 3 is 0.750 bits per heavy atom. The van der Waals surface area contributed by atoms with Crippen LogP contribution >= 0.6 is 0 Å².